The molecule has 0 aliphatic carbocycles. The molecule has 0 saturated carbocycles. The molecule has 3 amide bonds. The number of nitrogens with zero attached hydrogens (tertiary/aromatic N) is 1. The van der Waals surface area contributed by atoms with Crippen molar-refractivity contribution in [2.24, 2.45) is 0 Å². The molecule has 1 fully saturated rings. The van der Waals surface area contributed by atoms with Gasteiger partial charge in [-0.3, -0.25) is 9.59 Å². The van der Waals surface area contributed by atoms with E-state index in [1.165, 1.54) is 24.3 Å². The highest BCUT2D eigenvalue weighted by molar-refractivity contribution is 6.32. The fraction of sp³-hybridized carbons (Fsp3) is 0.286. The summed E-state index contributed by atoms with van der Waals surface area (Å²) in [4.78, 5) is 39.5. The molecule has 2 heterocycles. The van der Waals surface area contributed by atoms with Crippen molar-refractivity contribution in [1.29, 1.82) is 0 Å². The van der Waals surface area contributed by atoms with Crippen LogP contribution in [0, 0.1) is 5.82 Å². The summed E-state index contributed by atoms with van der Waals surface area (Å²) in [5, 5.41) is 3.18. The molecule has 2 aliphatic heterocycles. The fourth-order valence-corrected chi connectivity index (χ4v) is 4.41. The molecular formula is C21H18ClFN2O4. The Morgan fingerprint density at radius 1 is 1.31 bits per heavy atom. The zero-order valence-corrected chi connectivity index (χ0v) is 16.3. The number of halogens is 2. The van der Waals surface area contributed by atoms with Crippen LogP contribution in [0.4, 0.5) is 14.9 Å². The molecule has 1 spiro atoms. The van der Waals surface area contributed by atoms with E-state index in [9.17, 15) is 18.8 Å². The number of hydrogen-bond donors (Lipinski definition) is 1. The van der Waals surface area contributed by atoms with Crippen LogP contribution < -0.4 is 10.2 Å². The van der Waals surface area contributed by atoms with Gasteiger partial charge in [0, 0.05) is 11.4 Å². The summed E-state index contributed by atoms with van der Waals surface area (Å²) in [6.07, 6.45) is -0.549. The summed E-state index contributed by atoms with van der Waals surface area (Å²) in [5.74, 6) is -1.26. The topological polar surface area (TPSA) is 75.7 Å². The number of benzene rings is 2. The van der Waals surface area contributed by atoms with Gasteiger partial charge in [0.05, 0.1) is 18.3 Å². The van der Waals surface area contributed by atoms with Gasteiger partial charge in [0.1, 0.15) is 11.2 Å². The minimum atomic E-state index is -1.27. The van der Waals surface area contributed by atoms with E-state index < -0.39 is 29.3 Å². The Bertz CT molecular complexity index is 1030. The van der Waals surface area contributed by atoms with Gasteiger partial charge in [-0.15, -0.1) is 0 Å². The summed E-state index contributed by atoms with van der Waals surface area (Å²) in [5.41, 5.74) is 0.0414. The molecule has 0 aromatic heterocycles. The van der Waals surface area contributed by atoms with Crippen molar-refractivity contribution in [3.63, 3.8) is 0 Å². The number of carbonyl (C=O) groups excluding carboxylic acids is 3. The maximum atomic E-state index is 13.9. The monoisotopic (exact) mass is 416 g/mol. The average molecular weight is 417 g/mol. The molecule has 4 rings (SSSR count). The maximum absolute atomic E-state index is 13.9. The first-order valence-electron chi connectivity index (χ1n) is 9.24. The van der Waals surface area contributed by atoms with E-state index in [0.29, 0.717) is 21.8 Å². The number of imide groups is 1. The van der Waals surface area contributed by atoms with E-state index in [0.717, 1.165) is 4.90 Å². The highest BCUT2D eigenvalue weighted by atomic mass is 35.5. The smallest absolute Gasteiger partial charge is 0.421 e. The molecule has 2 aromatic carbocycles. The van der Waals surface area contributed by atoms with Gasteiger partial charge in [-0.1, -0.05) is 29.8 Å². The van der Waals surface area contributed by atoms with E-state index in [-0.39, 0.29) is 25.4 Å². The highest BCUT2D eigenvalue weighted by Gasteiger charge is 2.60. The van der Waals surface area contributed by atoms with Crippen molar-refractivity contribution in [1.82, 2.24) is 5.32 Å². The Balaban J connectivity index is 1.93. The molecule has 0 radical (unpaired) electrons. The first-order valence-corrected chi connectivity index (χ1v) is 9.62. The quantitative estimate of drug-likeness (QED) is 0.806. The van der Waals surface area contributed by atoms with Crippen LogP contribution in [0.3, 0.4) is 0 Å². The molecule has 1 N–H and O–H groups in total. The predicted octanol–water partition coefficient (Wildman–Crippen LogP) is 3.87. The van der Waals surface area contributed by atoms with Gasteiger partial charge in [-0.2, -0.15) is 0 Å². The number of hydrogen-bond acceptors (Lipinski definition) is 4. The first kappa shape index (κ1) is 19.4. The number of ether oxygens (including phenoxy) is 1. The van der Waals surface area contributed by atoms with Crippen LogP contribution >= 0.6 is 11.6 Å². The predicted molar refractivity (Wildman–Crippen MR) is 104 cm³/mol. The van der Waals surface area contributed by atoms with Crippen molar-refractivity contribution in [3.8, 4) is 0 Å². The van der Waals surface area contributed by atoms with Gasteiger partial charge in [0.25, 0.3) is 0 Å². The summed E-state index contributed by atoms with van der Waals surface area (Å²) in [6, 6.07) is 9.73. The van der Waals surface area contributed by atoms with Crippen LogP contribution in [0.15, 0.2) is 42.5 Å². The van der Waals surface area contributed by atoms with Crippen molar-refractivity contribution < 1.29 is 23.5 Å². The van der Waals surface area contributed by atoms with Gasteiger partial charge in [-0.25, -0.2) is 14.1 Å². The summed E-state index contributed by atoms with van der Waals surface area (Å²) >= 11 is 6.13. The number of anilines is 1. The lowest BCUT2D eigenvalue weighted by Gasteiger charge is -2.40. The van der Waals surface area contributed by atoms with E-state index >= 15 is 0 Å². The molecule has 2 atom stereocenters. The Hall–Kier alpha value is -2.93. The molecular weight excluding hydrogens is 399 g/mol. The molecule has 8 heteroatoms. The van der Waals surface area contributed by atoms with Crippen LogP contribution in [0.1, 0.15) is 36.9 Å². The van der Waals surface area contributed by atoms with Gasteiger partial charge < -0.3 is 10.1 Å². The van der Waals surface area contributed by atoms with Crippen molar-refractivity contribution in [2.45, 2.75) is 31.2 Å². The first-order chi connectivity index (χ1) is 13.9. The lowest BCUT2D eigenvalue weighted by atomic mass is 9.67. The summed E-state index contributed by atoms with van der Waals surface area (Å²) in [7, 11) is 0. The third-order valence-corrected chi connectivity index (χ3v) is 5.68. The zero-order chi connectivity index (χ0) is 20.8. The molecule has 29 heavy (non-hydrogen) atoms. The second-order valence-corrected chi connectivity index (χ2v) is 7.46. The molecule has 2 aliphatic rings. The second-order valence-electron chi connectivity index (χ2n) is 7.03. The molecule has 1 saturated heterocycles. The summed E-state index contributed by atoms with van der Waals surface area (Å²) in [6.45, 7) is 1.74. The highest BCUT2D eigenvalue weighted by Crippen LogP contribution is 2.53. The minimum Gasteiger partial charge on any atom is -0.449 e. The number of fused-ring (bicyclic) bond motifs is 2. The molecule has 2 aromatic rings. The maximum Gasteiger partial charge on any atom is 0.421 e. The zero-order valence-electron chi connectivity index (χ0n) is 15.6. The van der Waals surface area contributed by atoms with Gasteiger partial charge in [-0.05, 0) is 48.7 Å². The lowest BCUT2D eigenvalue weighted by molar-refractivity contribution is -0.130. The number of piperidine rings is 1. The molecule has 150 valence electrons. The van der Waals surface area contributed by atoms with E-state index in [4.69, 9.17) is 16.3 Å². The average Bonchev–Trinajstić information content (AvgIpc) is 2.92. The normalized spacial score (nSPS) is 23.1. The van der Waals surface area contributed by atoms with Crippen LogP contribution in [0.2, 0.25) is 5.02 Å². The Kier molecular flexibility index (Phi) is 4.78. The van der Waals surface area contributed by atoms with Crippen LogP contribution in [0.5, 0.6) is 0 Å². The van der Waals surface area contributed by atoms with E-state index in [1.54, 1.807) is 25.1 Å². The van der Waals surface area contributed by atoms with Crippen molar-refractivity contribution >= 4 is 35.2 Å². The van der Waals surface area contributed by atoms with E-state index in [2.05, 4.69) is 5.32 Å². The number of carbonyl (C=O) groups is 3. The van der Waals surface area contributed by atoms with Crippen molar-refractivity contribution in [2.75, 3.05) is 11.5 Å². The van der Waals surface area contributed by atoms with Crippen molar-refractivity contribution in [3.05, 3.63) is 64.4 Å². The largest absolute Gasteiger partial charge is 0.449 e. The minimum absolute atomic E-state index is 0.0928. The Morgan fingerprint density at radius 3 is 2.83 bits per heavy atom. The molecule has 0 unspecified atom stereocenters. The van der Waals surface area contributed by atoms with Gasteiger partial charge in [0.15, 0.2) is 0 Å². The third kappa shape index (κ3) is 2.97. The van der Waals surface area contributed by atoms with Gasteiger partial charge >= 0.3 is 6.09 Å². The van der Waals surface area contributed by atoms with Crippen LogP contribution in [-0.2, 0) is 19.7 Å². The molecule has 0 bridgehead atoms. The third-order valence-electron chi connectivity index (χ3n) is 5.44. The number of nitrogens with one attached hydrogen (secondary N) is 1. The van der Waals surface area contributed by atoms with Crippen LogP contribution in [-0.4, -0.2) is 24.5 Å². The number of amides is 3. The van der Waals surface area contributed by atoms with Gasteiger partial charge in [0.2, 0.25) is 11.8 Å². The molecule has 6 nitrogen and oxygen atoms in total. The SMILES string of the molecule is CCOC(=O)N1C(=O)[C@]2(CCC(=O)N[C@@H]2c2cccc(F)c2)c2ccc(Cl)cc21. The van der Waals surface area contributed by atoms with Crippen LogP contribution in [0.25, 0.3) is 0 Å². The fourth-order valence-electron chi connectivity index (χ4n) is 4.25. The lowest BCUT2D eigenvalue weighted by Crippen LogP contribution is -2.55. The standard InChI is InChI=1S/C21H18ClFN2O4/c1-2-29-20(28)25-16-11-13(22)6-7-15(16)21(19(25)27)9-8-17(26)24-18(21)12-4-3-5-14(23)10-12/h3-7,10-11,18H,2,8-9H2,1H3,(H,24,26)/t18-,21-/m1/s1. The number of rotatable bonds is 2. The Morgan fingerprint density at radius 2 is 2.10 bits per heavy atom. The van der Waals surface area contributed by atoms with E-state index in [1.807, 2.05) is 0 Å². The Labute approximate surface area is 171 Å². The summed E-state index contributed by atoms with van der Waals surface area (Å²) < 4.78 is 19.0. The second kappa shape index (κ2) is 7.15.